The summed E-state index contributed by atoms with van der Waals surface area (Å²) in [4.78, 5) is 11.5. The van der Waals surface area contributed by atoms with Gasteiger partial charge in [-0.3, -0.25) is 9.89 Å². The Morgan fingerprint density at radius 3 is 2.75 bits per heavy atom. The van der Waals surface area contributed by atoms with Crippen LogP contribution < -0.4 is 5.32 Å². The number of aromatic nitrogens is 2. The number of alkyl halides is 2. The van der Waals surface area contributed by atoms with Gasteiger partial charge in [-0.25, -0.2) is 8.78 Å². The van der Waals surface area contributed by atoms with Gasteiger partial charge in [-0.1, -0.05) is 6.92 Å². The minimum atomic E-state index is -2.85. The standard InChI is InChI=1S/C10H13F2N3O/c1-5-8(10(5,11)12)9(16)15-6(2)7-3-13-14-4-7/h3-6,8H,1-2H3,(H,13,14)(H,15,16). The van der Waals surface area contributed by atoms with Crippen molar-refractivity contribution in [2.45, 2.75) is 25.8 Å². The number of hydrogen-bond donors (Lipinski definition) is 2. The summed E-state index contributed by atoms with van der Waals surface area (Å²) in [7, 11) is 0. The van der Waals surface area contributed by atoms with E-state index in [1.165, 1.54) is 6.92 Å². The molecule has 4 nitrogen and oxygen atoms in total. The van der Waals surface area contributed by atoms with E-state index < -0.39 is 23.7 Å². The van der Waals surface area contributed by atoms with Crippen molar-refractivity contribution in [1.82, 2.24) is 15.5 Å². The lowest BCUT2D eigenvalue weighted by molar-refractivity contribution is -0.125. The predicted octanol–water partition coefficient (Wildman–Crippen LogP) is 1.49. The van der Waals surface area contributed by atoms with Gasteiger partial charge in [-0.15, -0.1) is 0 Å². The van der Waals surface area contributed by atoms with Crippen LogP contribution in [0, 0.1) is 11.8 Å². The molecular formula is C10H13F2N3O. The molecule has 6 heteroatoms. The molecule has 0 aliphatic heterocycles. The van der Waals surface area contributed by atoms with Gasteiger partial charge in [0.15, 0.2) is 0 Å². The molecule has 3 atom stereocenters. The molecule has 88 valence electrons. The summed E-state index contributed by atoms with van der Waals surface area (Å²) in [5, 5.41) is 8.89. The highest BCUT2D eigenvalue weighted by Crippen LogP contribution is 2.54. The van der Waals surface area contributed by atoms with Gasteiger partial charge in [0.1, 0.15) is 5.92 Å². The fourth-order valence-corrected chi connectivity index (χ4v) is 1.77. The smallest absolute Gasteiger partial charge is 0.263 e. The monoisotopic (exact) mass is 229 g/mol. The molecule has 1 aliphatic rings. The highest BCUT2D eigenvalue weighted by atomic mass is 19.3. The maximum atomic E-state index is 13.0. The highest BCUT2D eigenvalue weighted by Gasteiger charge is 2.69. The van der Waals surface area contributed by atoms with Gasteiger partial charge in [0, 0.05) is 17.7 Å². The first-order chi connectivity index (χ1) is 7.44. The molecule has 0 aromatic carbocycles. The molecule has 1 aromatic rings. The Labute approximate surface area is 91.4 Å². The summed E-state index contributed by atoms with van der Waals surface area (Å²) in [5.74, 6) is -5.47. The van der Waals surface area contributed by atoms with Crippen LogP contribution in [0.4, 0.5) is 8.78 Å². The number of H-pyrrole nitrogens is 1. The van der Waals surface area contributed by atoms with Gasteiger partial charge in [0.25, 0.3) is 5.92 Å². The molecule has 1 amide bonds. The first kappa shape index (κ1) is 11.0. The van der Waals surface area contributed by atoms with E-state index in [0.29, 0.717) is 0 Å². The minimum Gasteiger partial charge on any atom is -0.349 e. The number of rotatable bonds is 3. The summed E-state index contributed by atoms with van der Waals surface area (Å²) in [6, 6.07) is -0.310. The molecule has 16 heavy (non-hydrogen) atoms. The van der Waals surface area contributed by atoms with Crippen LogP contribution in [0.3, 0.4) is 0 Å². The molecule has 0 radical (unpaired) electrons. The topological polar surface area (TPSA) is 57.8 Å². The van der Waals surface area contributed by atoms with Gasteiger partial charge in [-0.2, -0.15) is 5.10 Å². The Morgan fingerprint density at radius 2 is 2.31 bits per heavy atom. The number of nitrogens with one attached hydrogen (secondary N) is 2. The summed E-state index contributed by atoms with van der Waals surface area (Å²) >= 11 is 0. The SMILES string of the molecule is CC(NC(=O)C1C(C)C1(F)F)c1cn[nH]c1. The van der Waals surface area contributed by atoms with Gasteiger partial charge in [-0.05, 0) is 6.92 Å². The zero-order valence-electron chi connectivity index (χ0n) is 9.00. The quantitative estimate of drug-likeness (QED) is 0.825. The van der Waals surface area contributed by atoms with E-state index in [0.717, 1.165) is 5.56 Å². The molecule has 1 aromatic heterocycles. The predicted molar refractivity (Wildman–Crippen MR) is 52.7 cm³/mol. The van der Waals surface area contributed by atoms with E-state index in [1.54, 1.807) is 19.3 Å². The van der Waals surface area contributed by atoms with Crippen molar-refractivity contribution < 1.29 is 13.6 Å². The minimum absolute atomic E-state index is 0.310. The van der Waals surface area contributed by atoms with Gasteiger partial charge < -0.3 is 5.32 Å². The summed E-state index contributed by atoms with van der Waals surface area (Å²) in [5.41, 5.74) is 0.768. The van der Waals surface area contributed by atoms with Crippen molar-refractivity contribution in [2.24, 2.45) is 11.8 Å². The molecule has 1 saturated carbocycles. The zero-order valence-corrected chi connectivity index (χ0v) is 9.00. The lowest BCUT2D eigenvalue weighted by atomic mass is 10.2. The second-order valence-corrected chi connectivity index (χ2v) is 4.20. The average Bonchev–Trinajstić information content (AvgIpc) is 2.63. The van der Waals surface area contributed by atoms with E-state index in [4.69, 9.17) is 0 Å². The number of halogens is 2. The van der Waals surface area contributed by atoms with Crippen LogP contribution in [0.2, 0.25) is 0 Å². The molecule has 2 rings (SSSR count). The molecule has 3 unspecified atom stereocenters. The van der Waals surface area contributed by atoms with Crippen molar-refractivity contribution in [1.29, 1.82) is 0 Å². The molecule has 1 heterocycles. The third kappa shape index (κ3) is 1.68. The van der Waals surface area contributed by atoms with E-state index >= 15 is 0 Å². The molecule has 0 saturated heterocycles. The largest absolute Gasteiger partial charge is 0.349 e. The summed E-state index contributed by atoms with van der Waals surface area (Å²) in [6.07, 6.45) is 3.18. The van der Waals surface area contributed by atoms with E-state index in [-0.39, 0.29) is 6.04 Å². The van der Waals surface area contributed by atoms with Gasteiger partial charge >= 0.3 is 0 Å². The summed E-state index contributed by atoms with van der Waals surface area (Å²) < 4.78 is 25.9. The lowest BCUT2D eigenvalue weighted by Gasteiger charge is -2.11. The summed E-state index contributed by atoms with van der Waals surface area (Å²) in [6.45, 7) is 3.11. The number of amides is 1. The van der Waals surface area contributed by atoms with Crippen LogP contribution >= 0.6 is 0 Å². The van der Waals surface area contributed by atoms with Gasteiger partial charge in [0.05, 0.1) is 12.2 Å². The molecule has 1 aliphatic carbocycles. The first-order valence-corrected chi connectivity index (χ1v) is 5.11. The molecule has 0 spiro atoms. The van der Waals surface area contributed by atoms with Crippen LogP contribution in [0.1, 0.15) is 25.5 Å². The first-order valence-electron chi connectivity index (χ1n) is 5.11. The Morgan fingerprint density at radius 1 is 1.69 bits per heavy atom. The fraction of sp³-hybridized carbons (Fsp3) is 0.600. The molecule has 2 N–H and O–H groups in total. The Balaban J connectivity index is 1.94. The average molecular weight is 229 g/mol. The van der Waals surface area contributed by atoms with Crippen LogP contribution in [0.25, 0.3) is 0 Å². The molecule has 1 fully saturated rings. The third-order valence-corrected chi connectivity index (χ3v) is 3.07. The van der Waals surface area contributed by atoms with Crippen LogP contribution in [-0.4, -0.2) is 22.0 Å². The van der Waals surface area contributed by atoms with E-state index in [2.05, 4.69) is 15.5 Å². The normalized spacial score (nSPS) is 28.5. The maximum absolute atomic E-state index is 13.0. The maximum Gasteiger partial charge on any atom is 0.263 e. The van der Waals surface area contributed by atoms with Crippen LogP contribution in [0.15, 0.2) is 12.4 Å². The number of aromatic amines is 1. The fourth-order valence-electron chi connectivity index (χ4n) is 1.77. The molecule has 0 bridgehead atoms. The number of nitrogens with zero attached hydrogens (tertiary/aromatic N) is 1. The van der Waals surface area contributed by atoms with Crippen LogP contribution in [-0.2, 0) is 4.79 Å². The van der Waals surface area contributed by atoms with Gasteiger partial charge in [0.2, 0.25) is 5.91 Å². The van der Waals surface area contributed by atoms with Crippen molar-refractivity contribution >= 4 is 5.91 Å². The van der Waals surface area contributed by atoms with Crippen molar-refractivity contribution in [3.05, 3.63) is 18.0 Å². The number of carbonyl (C=O) groups is 1. The van der Waals surface area contributed by atoms with Crippen LogP contribution in [0.5, 0.6) is 0 Å². The zero-order chi connectivity index (χ0) is 11.9. The van der Waals surface area contributed by atoms with Crippen molar-refractivity contribution in [3.8, 4) is 0 Å². The molecular weight excluding hydrogens is 216 g/mol. The highest BCUT2D eigenvalue weighted by molar-refractivity contribution is 5.83. The Bertz CT molecular complexity index is 391. The third-order valence-electron chi connectivity index (χ3n) is 3.07. The van der Waals surface area contributed by atoms with Crippen molar-refractivity contribution in [2.75, 3.05) is 0 Å². The Kier molecular flexibility index (Phi) is 2.44. The number of hydrogen-bond acceptors (Lipinski definition) is 2. The van der Waals surface area contributed by atoms with E-state index in [1.807, 2.05) is 0 Å². The lowest BCUT2D eigenvalue weighted by Crippen LogP contribution is -2.29. The number of carbonyl (C=O) groups excluding carboxylic acids is 1. The second-order valence-electron chi connectivity index (χ2n) is 4.20. The van der Waals surface area contributed by atoms with E-state index in [9.17, 15) is 13.6 Å². The second kappa shape index (κ2) is 3.54. The Hall–Kier alpha value is -1.46. The van der Waals surface area contributed by atoms with Crippen molar-refractivity contribution in [3.63, 3.8) is 0 Å².